The first-order valence-corrected chi connectivity index (χ1v) is 6.78. The topological polar surface area (TPSA) is 73.8 Å². The van der Waals surface area contributed by atoms with Crippen molar-refractivity contribution in [1.29, 1.82) is 0 Å². The first-order chi connectivity index (χ1) is 6.45. The average molecular weight is 223 g/mol. The molecule has 1 aliphatic heterocycles. The summed E-state index contributed by atoms with van der Waals surface area (Å²) in [5.41, 5.74) is 0. The molecule has 4 nitrogen and oxygen atoms in total. The smallest absolute Gasteiger partial charge is 0.0945 e. The van der Waals surface area contributed by atoms with Gasteiger partial charge in [0.2, 0.25) is 0 Å². The summed E-state index contributed by atoms with van der Waals surface area (Å²) in [6.45, 7) is 6.87. The van der Waals surface area contributed by atoms with Crippen LogP contribution in [-0.2, 0) is 10.1 Å². The predicted molar refractivity (Wildman–Crippen MR) is 54.9 cm³/mol. The largest absolute Gasteiger partial charge is 0.748 e. The van der Waals surface area contributed by atoms with Crippen LogP contribution in [0.25, 0.3) is 0 Å². The molecule has 0 spiro atoms. The highest BCUT2D eigenvalue weighted by Gasteiger charge is 2.10. The van der Waals surface area contributed by atoms with Crippen LogP contribution in [0.3, 0.4) is 0 Å². The van der Waals surface area contributed by atoms with E-state index in [0.29, 0.717) is 6.42 Å². The third-order valence-electron chi connectivity index (χ3n) is 2.18. The molecular weight excluding hydrogens is 202 g/mol. The lowest BCUT2D eigenvalue weighted by Gasteiger charge is -2.02. The molecule has 1 aliphatic rings. The van der Waals surface area contributed by atoms with Crippen molar-refractivity contribution >= 4 is 10.1 Å². The fraction of sp³-hybridized carbons (Fsp3) is 1.00. The summed E-state index contributed by atoms with van der Waals surface area (Å²) in [5.74, 6) is 0.772. The van der Waals surface area contributed by atoms with E-state index in [-0.39, 0.29) is 5.75 Å². The summed E-state index contributed by atoms with van der Waals surface area (Å²) >= 11 is 0. The summed E-state index contributed by atoms with van der Waals surface area (Å²) in [5, 5.41) is 2.38. The molecule has 1 heterocycles. The molecule has 0 bridgehead atoms. The van der Waals surface area contributed by atoms with Crippen LogP contribution in [0.4, 0.5) is 0 Å². The van der Waals surface area contributed by atoms with E-state index in [0.717, 1.165) is 12.3 Å². The second-order valence-electron chi connectivity index (χ2n) is 3.82. The van der Waals surface area contributed by atoms with E-state index in [4.69, 9.17) is 0 Å². The normalized spacial score (nSPS) is 21.5. The third kappa shape index (κ3) is 9.95. The van der Waals surface area contributed by atoms with Crippen molar-refractivity contribution in [2.45, 2.75) is 33.1 Å². The molecule has 0 saturated carbocycles. The molecule has 0 aromatic heterocycles. The fourth-order valence-electron chi connectivity index (χ4n) is 1.24. The third-order valence-corrected chi connectivity index (χ3v) is 2.97. The molecule has 1 atom stereocenters. The monoisotopic (exact) mass is 223 g/mol. The molecule has 0 radical (unpaired) electrons. The lowest BCUT2D eigenvalue weighted by molar-refractivity contribution is -0.637. The van der Waals surface area contributed by atoms with Crippen LogP contribution >= 0.6 is 0 Å². The van der Waals surface area contributed by atoms with E-state index in [1.54, 1.807) is 0 Å². The Bertz CT molecular complexity index is 220. The van der Waals surface area contributed by atoms with Gasteiger partial charge in [-0.05, 0) is 6.42 Å². The van der Waals surface area contributed by atoms with Gasteiger partial charge >= 0.3 is 0 Å². The molecule has 0 aromatic carbocycles. The summed E-state index contributed by atoms with van der Waals surface area (Å²) in [6.07, 6.45) is 2.66. The molecule has 0 aromatic rings. The van der Waals surface area contributed by atoms with Crippen molar-refractivity contribution < 1.29 is 18.3 Å². The minimum Gasteiger partial charge on any atom is -0.748 e. The SMILES string of the molecule is CC1CC[NH2+]C1.CCCCS(=O)(=O)[O-]. The molecule has 1 unspecified atom stereocenters. The lowest BCUT2D eigenvalue weighted by atomic mass is 10.2. The van der Waals surface area contributed by atoms with E-state index in [1.807, 2.05) is 6.92 Å². The van der Waals surface area contributed by atoms with Crippen LogP contribution in [0.1, 0.15) is 33.1 Å². The molecule has 5 heteroatoms. The maximum atomic E-state index is 9.83. The van der Waals surface area contributed by atoms with E-state index >= 15 is 0 Å². The highest BCUT2D eigenvalue weighted by Crippen LogP contribution is 1.97. The Morgan fingerprint density at radius 3 is 2.29 bits per heavy atom. The van der Waals surface area contributed by atoms with Gasteiger partial charge in [0.05, 0.1) is 23.2 Å². The molecule has 14 heavy (non-hydrogen) atoms. The van der Waals surface area contributed by atoms with Crippen LogP contribution in [0, 0.1) is 5.92 Å². The Morgan fingerprint density at radius 2 is 2.14 bits per heavy atom. The molecule has 0 aliphatic carbocycles. The number of quaternary nitrogens is 1. The Labute approximate surface area is 86.8 Å². The standard InChI is InChI=1S/C5H11N.C4H10O3S/c1-5-2-3-6-4-5;1-2-3-4-8(5,6)7/h5-6H,2-4H2,1H3;2-4H2,1H3,(H,5,6,7). The van der Waals surface area contributed by atoms with Gasteiger partial charge in [-0.15, -0.1) is 0 Å². The van der Waals surface area contributed by atoms with Crippen LogP contribution in [0.5, 0.6) is 0 Å². The number of nitrogens with two attached hydrogens (primary N) is 1. The van der Waals surface area contributed by atoms with Gasteiger partial charge in [-0.3, -0.25) is 0 Å². The quantitative estimate of drug-likeness (QED) is 0.680. The van der Waals surface area contributed by atoms with Crippen LogP contribution in [0.15, 0.2) is 0 Å². The zero-order valence-corrected chi connectivity index (χ0v) is 9.85. The Hall–Kier alpha value is -0.130. The van der Waals surface area contributed by atoms with Crippen molar-refractivity contribution in [3.8, 4) is 0 Å². The number of unbranched alkanes of at least 4 members (excludes halogenated alkanes) is 1. The first kappa shape index (κ1) is 13.9. The average Bonchev–Trinajstić information content (AvgIpc) is 2.52. The summed E-state index contributed by atoms with van der Waals surface area (Å²) in [7, 11) is -3.94. The van der Waals surface area contributed by atoms with Gasteiger partial charge in [-0.1, -0.05) is 20.3 Å². The molecular formula is C9H21NO3S. The number of hydrogen-bond donors (Lipinski definition) is 1. The molecule has 1 rings (SSSR count). The minimum absolute atomic E-state index is 0.219. The first-order valence-electron chi connectivity index (χ1n) is 5.21. The Morgan fingerprint density at radius 1 is 1.50 bits per heavy atom. The van der Waals surface area contributed by atoms with Gasteiger partial charge in [-0.2, -0.15) is 0 Å². The van der Waals surface area contributed by atoms with Gasteiger partial charge < -0.3 is 9.87 Å². The molecule has 1 saturated heterocycles. The van der Waals surface area contributed by atoms with Crippen LogP contribution in [-0.4, -0.2) is 31.8 Å². The maximum absolute atomic E-state index is 9.83. The van der Waals surface area contributed by atoms with Crippen LogP contribution < -0.4 is 5.32 Å². The summed E-state index contributed by atoms with van der Waals surface area (Å²) < 4.78 is 29.5. The van der Waals surface area contributed by atoms with Gasteiger partial charge in [0, 0.05) is 18.1 Å². The van der Waals surface area contributed by atoms with Crippen molar-refractivity contribution in [2.24, 2.45) is 5.92 Å². The van der Waals surface area contributed by atoms with Crippen molar-refractivity contribution in [1.82, 2.24) is 0 Å². The molecule has 1 fully saturated rings. The second kappa shape index (κ2) is 7.20. The zero-order chi connectivity index (χ0) is 11.0. The van der Waals surface area contributed by atoms with E-state index in [9.17, 15) is 13.0 Å². The summed E-state index contributed by atoms with van der Waals surface area (Å²) in [4.78, 5) is 0. The van der Waals surface area contributed by atoms with Crippen molar-refractivity contribution in [2.75, 3.05) is 18.8 Å². The number of hydrogen-bond acceptors (Lipinski definition) is 3. The predicted octanol–water partition coefficient (Wildman–Crippen LogP) is -0.0787. The Kier molecular flexibility index (Phi) is 7.13. The highest BCUT2D eigenvalue weighted by molar-refractivity contribution is 7.85. The lowest BCUT2D eigenvalue weighted by Crippen LogP contribution is -2.81. The minimum atomic E-state index is -3.94. The summed E-state index contributed by atoms with van der Waals surface area (Å²) in [6, 6.07) is 0. The highest BCUT2D eigenvalue weighted by atomic mass is 32.2. The maximum Gasteiger partial charge on any atom is 0.0945 e. The van der Waals surface area contributed by atoms with E-state index in [2.05, 4.69) is 12.2 Å². The van der Waals surface area contributed by atoms with Gasteiger partial charge in [0.1, 0.15) is 0 Å². The van der Waals surface area contributed by atoms with Crippen LogP contribution in [0.2, 0.25) is 0 Å². The molecule has 2 N–H and O–H groups in total. The Balaban J connectivity index is 0.000000249. The zero-order valence-electron chi connectivity index (χ0n) is 9.03. The van der Waals surface area contributed by atoms with E-state index in [1.165, 1.54) is 19.5 Å². The number of rotatable bonds is 3. The second-order valence-corrected chi connectivity index (χ2v) is 5.35. The molecule has 0 amide bonds. The van der Waals surface area contributed by atoms with Gasteiger partial charge in [0.15, 0.2) is 0 Å². The van der Waals surface area contributed by atoms with Crippen molar-refractivity contribution in [3.05, 3.63) is 0 Å². The van der Waals surface area contributed by atoms with Gasteiger partial charge in [0.25, 0.3) is 0 Å². The van der Waals surface area contributed by atoms with Crippen molar-refractivity contribution in [3.63, 3.8) is 0 Å². The van der Waals surface area contributed by atoms with Gasteiger partial charge in [-0.25, -0.2) is 8.42 Å². The van der Waals surface area contributed by atoms with E-state index < -0.39 is 10.1 Å². The molecule has 86 valence electrons. The fourth-order valence-corrected chi connectivity index (χ4v) is 1.89.